The number of nitrogens with one attached hydrogen (secondary N) is 1. The van der Waals surface area contributed by atoms with E-state index in [4.69, 9.17) is 24.9 Å². The largest absolute Gasteiger partial charge is 0.377 e. The monoisotopic (exact) mass is 679 g/mol. The average molecular weight is 681 g/mol. The molecule has 0 bridgehead atoms. The summed E-state index contributed by atoms with van der Waals surface area (Å²) in [5.41, 5.74) is 10.2. The van der Waals surface area contributed by atoms with Crippen LogP contribution in [0.15, 0.2) is 53.5 Å². The number of ether oxygens (including phenoxy) is 3. The molecule has 2 saturated heterocycles. The van der Waals surface area contributed by atoms with Crippen molar-refractivity contribution >= 4 is 17.0 Å². The number of aromatic nitrogens is 4. The van der Waals surface area contributed by atoms with E-state index in [-0.39, 0.29) is 54.9 Å². The van der Waals surface area contributed by atoms with Gasteiger partial charge in [0.15, 0.2) is 6.29 Å². The summed E-state index contributed by atoms with van der Waals surface area (Å²) < 4.78 is 18.3. The Balaban J connectivity index is 0.00000308. The normalized spacial score (nSPS) is 19.3. The molecule has 6 rings (SSSR count). The summed E-state index contributed by atoms with van der Waals surface area (Å²) in [4.78, 5) is 27.6. The molecule has 5 heterocycles. The van der Waals surface area contributed by atoms with Crippen LogP contribution in [0.3, 0.4) is 0 Å². The number of hydrogen-bond acceptors (Lipinski definition) is 9. The summed E-state index contributed by atoms with van der Waals surface area (Å²) in [7, 11) is 0. The molecule has 3 aromatic heterocycles. The van der Waals surface area contributed by atoms with Gasteiger partial charge in [-0.05, 0) is 24.6 Å². The molecular weight excluding hydrogens is 652 g/mol. The fourth-order valence-corrected chi connectivity index (χ4v) is 4.55. The molecule has 4 aromatic rings. The molecule has 10 nitrogen and oxygen atoms in total. The summed E-state index contributed by atoms with van der Waals surface area (Å²) in [6.07, 6.45) is 1.79. The molecule has 2 fully saturated rings. The summed E-state index contributed by atoms with van der Waals surface area (Å²) >= 11 is 0. The van der Waals surface area contributed by atoms with E-state index in [2.05, 4.69) is 21.4 Å². The molecule has 0 atom stereocenters. The van der Waals surface area contributed by atoms with Crippen LogP contribution in [0.5, 0.6) is 0 Å². The second-order valence-corrected chi connectivity index (χ2v) is 9.67. The summed E-state index contributed by atoms with van der Waals surface area (Å²) in [5, 5.41) is 4.01. The van der Waals surface area contributed by atoms with E-state index < -0.39 is 6.29 Å². The molecule has 0 spiro atoms. The molecule has 0 amide bonds. The Bertz CT molecular complexity index is 1500. The van der Waals surface area contributed by atoms with Crippen molar-refractivity contribution in [2.24, 2.45) is 5.73 Å². The quantitative estimate of drug-likeness (QED) is 0.283. The molecule has 0 radical (unpaired) electrons. The van der Waals surface area contributed by atoms with Crippen LogP contribution in [0, 0.1) is 50.3 Å². The first-order chi connectivity index (χ1) is 18.5. The molecule has 2 aliphatic rings. The minimum atomic E-state index is -0.431. The van der Waals surface area contributed by atoms with Gasteiger partial charge in [0.25, 0.3) is 0 Å². The average Bonchev–Trinajstić information content (AvgIpc) is 2.91. The topological polar surface area (TPSA) is 126 Å². The summed E-state index contributed by atoms with van der Waals surface area (Å²) in [6, 6.07) is 16.7. The number of nitrogens with two attached hydrogens (primary N) is 1. The number of nitrogens with zero attached hydrogens (tertiary/aromatic N) is 4. The molecule has 1 aromatic carbocycles. The third-order valence-corrected chi connectivity index (χ3v) is 6.67. The minimum absolute atomic E-state index is 0. The number of pyridine rings is 2. The molecule has 3 N–H and O–H groups in total. The number of anilines is 1. The van der Waals surface area contributed by atoms with E-state index in [1.807, 2.05) is 49.4 Å². The zero-order valence-electron chi connectivity index (χ0n) is 21.4. The van der Waals surface area contributed by atoms with E-state index >= 15 is 0 Å². The Morgan fingerprint density at radius 2 is 1.95 bits per heavy atom. The summed E-state index contributed by atoms with van der Waals surface area (Å²) in [5.74, 6) is 0.462. The molecule has 208 valence electrons. The van der Waals surface area contributed by atoms with Gasteiger partial charge in [0.05, 0.1) is 38.5 Å². The van der Waals surface area contributed by atoms with Crippen molar-refractivity contribution < 1.29 is 51.5 Å². The smallest absolute Gasteiger partial charge is 0.225 e. The molecule has 11 heteroatoms. The van der Waals surface area contributed by atoms with Gasteiger partial charge in [-0.1, -0.05) is 17.7 Å². The van der Waals surface area contributed by atoms with Crippen molar-refractivity contribution in [2.45, 2.75) is 38.3 Å². The van der Waals surface area contributed by atoms with Crippen molar-refractivity contribution in [2.75, 3.05) is 31.7 Å². The van der Waals surface area contributed by atoms with E-state index in [1.54, 1.807) is 10.8 Å². The zero-order chi connectivity index (χ0) is 26.1. The molecule has 39 heavy (non-hydrogen) atoms. The molecule has 0 aliphatic carbocycles. The van der Waals surface area contributed by atoms with Crippen LogP contribution in [0.25, 0.3) is 33.4 Å². The number of rotatable bonds is 7. The Morgan fingerprint density at radius 1 is 1.13 bits per heavy atom. The van der Waals surface area contributed by atoms with Crippen LogP contribution in [-0.4, -0.2) is 64.3 Å². The van der Waals surface area contributed by atoms with Gasteiger partial charge in [0, 0.05) is 73.2 Å². The first-order valence-electron chi connectivity index (χ1n) is 12.7. The maximum absolute atomic E-state index is 13.8. The minimum Gasteiger partial charge on any atom is -0.377 e. The maximum Gasteiger partial charge on any atom is 0.225 e. The first kappa shape index (κ1) is 28.1. The van der Waals surface area contributed by atoms with Gasteiger partial charge < -0.3 is 25.3 Å². The van der Waals surface area contributed by atoms with Gasteiger partial charge in [-0.15, -0.1) is 29.8 Å². The van der Waals surface area contributed by atoms with Crippen molar-refractivity contribution in [3.63, 3.8) is 0 Å². The standard InChI is InChI=1S/C28H29N6O4.Er/c1-17-3-2-4-24(31-17)19-7-5-18(6-8-19)23-11-20-12-30-28(32-22-15-36-16-22)33-26(20)34(27(23)35)10-9-25-37-13-21(29)14-38-25;/h2-5,7-8,11-12,21-22,25H,9-10,13-16,29H2,1H3,(H,30,32,33);/q-1;. The predicted molar refractivity (Wildman–Crippen MR) is 143 cm³/mol. The predicted octanol–water partition coefficient (Wildman–Crippen LogP) is 2.53. The van der Waals surface area contributed by atoms with Crippen molar-refractivity contribution in [1.29, 1.82) is 0 Å². The van der Waals surface area contributed by atoms with Crippen molar-refractivity contribution in [1.82, 2.24) is 19.5 Å². The van der Waals surface area contributed by atoms with E-state index in [1.165, 1.54) is 0 Å². The molecule has 2 aliphatic heterocycles. The Morgan fingerprint density at radius 3 is 2.64 bits per heavy atom. The van der Waals surface area contributed by atoms with Gasteiger partial charge in [-0.2, -0.15) is 4.98 Å². The van der Waals surface area contributed by atoms with Crippen LogP contribution in [0.4, 0.5) is 5.95 Å². The third kappa shape index (κ3) is 6.32. The SMILES string of the molecule is Cc1cccc(-c2c[c-]c(-c3cc4cnc(NC5COC5)nc4n(CCC4OCC(N)CO4)c3=O)cc2)n1.[Er]. The van der Waals surface area contributed by atoms with Crippen LogP contribution in [0.1, 0.15) is 12.1 Å². The van der Waals surface area contributed by atoms with Crippen LogP contribution in [-0.2, 0) is 20.8 Å². The summed E-state index contributed by atoms with van der Waals surface area (Å²) in [6.45, 7) is 4.39. The van der Waals surface area contributed by atoms with Crippen LogP contribution >= 0.6 is 0 Å². The fourth-order valence-electron chi connectivity index (χ4n) is 4.55. The molecular formula is C28H29ErN6O4-. The van der Waals surface area contributed by atoms with Gasteiger partial charge in [0.2, 0.25) is 11.5 Å². The van der Waals surface area contributed by atoms with E-state index in [0.717, 1.165) is 22.3 Å². The second kappa shape index (κ2) is 12.4. The zero-order valence-corrected chi connectivity index (χ0v) is 23.2. The first-order valence-corrected chi connectivity index (χ1v) is 12.7. The number of fused-ring (bicyclic) bond motifs is 1. The van der Waals surface area contributed by atoms with Crippen molar-refractivity contribution in [3.05, 3.63) is 70.8 Å². The van der Waals surface area contributed by atoms with E-state index in [9.17, 15) is 4.79 Å². The maximum atomic E-state index is 13.8. The van der Waals surface area contributed by atoms with E-state index in [0.29, 0.717) is 62.1 Å². The number of benzene rings is 1. The van der Waals surface area contributed by atoms with Gasteiger partial charge in [0.1, 0.15) is 5.65 Å². The Labute approximate surface area is 255 Å². The number of aryl methyl sites for hydroxylation is 2. The van der Waals surface area contributed by atoms with Gasteiger partial charge in [-0.3, -0.25) is 14.3 Å². The van der Waals surface area contributed by atoms with Gasteiger partial charge >= 0.3 is 0 Å². The Kier molecular flexibility index (Phi) is 8.91. The van der Waals surface area contributed by atoms with Crippen LogP contribution < -0.4 is 16.6 Å². The number of hydrogen-bond donors (Lipinski definition) is 2. The van der Waals surface area contributed by atoms with Crippen LogP contribution in [0.2, 0.25) is 0 Å². The fraction of sp³-hybridized carbons (Fsp3) is 0.357. The Hall–Kier alpha value is -2.45. The van der Waals surface area contributed by atoms with Gasteiger partial charge in [-0.25, -0.2) is 4.98 Å². The van der Waals surface area contributed by atoms with Crippen molar-refractivity contribution in [3.8, 4) is 22.4 Å². The molecule has 0 saturated carbocycles. The second-order valence-electron chi connectivity index (χ2n) is 9.67. The molecule has 0 unspecified atom stereocenters. The third-order valence-electron chi connectivity index (χ3n) is 6.67.